The monoisotopic (exact) mass is 275 g/mol. The standard InChI is InChI=1S/C17H25NO2/c1-12-7-8-14-16(18-9-5-3-4-6-10-18)15(19)11-20-17(14)13(12)2/h7-8,15-16,19H,3-6,9-11H2,1-2H3. The van der Waals surface area contributed by atoms with Gasteiger partial charge in [0.1, 0.15) is 18.5 Å². The number of rotatable bonds is 1. The number of nitrogens with zero attached hydrogens (tertiary/aromatic N) is 1. The summed E-state index contributed by atoms with van der Waals surface area (Å²) in [5.41, 5.74) is 3.65. The normalized spacial score (nSPS) is 27.6. The molecule has 0 saturated carbocycles. The van der Waals surface area contributed by atoms with Crippen molar-refractivity contribution < 1.29 is 9.84 Å². The first-order valence-electron chi connectivity index (χ1n) is 7.83. The van der Waals surface area contributed by atoms with E-state index in [0.717, 1.165) is 18.8 Å². The van der Waals surface area contributed by atoms with Gasteiger partial charge >= 0.3 is 0 Å². The van der Waals surface area contributed by atoms with Crippen LogP contribution in [0.25, 0.3) is 0 Å². The van der Waals surface area contributed by atoms with E-state index in [0.29, 0.717) is 6.61 Å². The predicted octanol–water partition coefficient (Wildman–Crippen LogP) is 2.97. The van der Waals surface area contributed by atoms with Crippen LogP contribution in [0.2, 0.25) is 0 Å². The Labute approximate surface area is 121 Å². The third kappa shape index (κ3) is 2.45. The molecule has 0 radical (unpaired) electrons. The molecule has 0 amide bonds. The zero-order chi connectivity index (χ0) is 14.1. The average Bonchev–Trinajstić information content (AvgIpc) is 2.72. The molecule has 2 heterocycles. The van der Waals surface area contributed by atoms with Crippen LogP contribution in [0.5, 0.6) is 5.75 Å². The molecule has 1 saturated heterocycles. The summed E-state index contributed by atoms with van der Waals surface area (Å²) in [4.78, 5) is 2.47. The largest absolute Gasteiger partial charge is 0.490 e. The number of aliphatic hydroxyl groups excluding tert-OH is 1. The first kappa shape index (κ1) is 13.9. The Kier molecular flexibility index (Phi) is 3.99. The Morgan fingerprint density at radius 1 is 1.10 bits per heavy atom. The van der Waals surface area contributed by atoms with E-state index in [1.54, 1.807) is 0 Å². The molecule has 0 aromatic heterocycles. The molecule has 1 aromatic carbocycles. The molecule has 2 unspecified atom stereocenters. The molecule has 0 aliphatic carbocycles. The summed E-state index contributed by atoms with van der Waals surface area (Å²) < 4.78 is 5.82. The fourth-order valence-corrected chi connectivity index (χ4v) is 3.52. The number of likely N-dealkylation sites (tertiary alicyclic amines) is 1. The van der Waals surface area contributed by atoms with Gasteiger partial charge in [0, 0.05) is 5.56 Å². The number of benzene rings is 1. The molecule has 3 nitrogen and oxygen atoms in total. The number of aliphatic hydroxyl groups is 1. The van der Waals surface area contributed by atoms with Crippen molar-refractivity contribution in [1.29, 1.82) is 0 Å². The van der Waals surface area contributed by atoms with E-state index >= 15 is 0 Å². The zero-order valence-electron chi connectivity index (χ0n) is 12.6. The van der Waals surface area contributed by atoms with Crippen LogP contribution in [0, 0.1) is 13.8 Å². The van der Waals surface area contributed by atoms with Crippen LogP contribution in [0.4, 0.5) is 0 Å². The molecule has 2 aliphatic rings. The van der Waals surface area contributed by atoms with E-state index in [1.165, 1.54) is 42.4 Å². The number of hydrogen-bond acceptors (Lipinski definition) is 3. The van der Waals surface area contributed by atoms with Crippen LogP contribution in [0.1, 0.15) is 48.4 Å². The summed E-state index contributed by atoms with van der Waals surface area (Å²) in [5.74, 6) is 1.00. The summed E-state index contributed by atoms with van der Waals surface area (Å²) in [6.45, 7) is 6.83. The van der Waals surface area contributed by atoms with Crippen molar-refractivity contribution in [3.05, 3.63) is 28.8 Å². The lowest BCUT2D eigenvalue weighted by atomic mass is 9.92. The van der Waals surface area contributed by atoms with Crippen molar-refractivity contribution in [1.82, 2.24) is 4.90 Å². The van der Waals surface area contributed by atoms with Crippen LogP contribution >= 0.6 is 0 Å². The summed E-state index contributed by atoms with van der Waals surface area (Å²) in [5, 5.41) is 10.5. The van der Waals surface area contributed by atoms with Gasteiger partial charge in [0.25, 0.3) is 0 Å². The molecule has 1 N–H and O–H groups in total. The van der Waals surface area contributed by atoms with E-state index in [1.807, 2.05) is 0 Å². The maximum absolute atomic E-state index is 10.5. The van der Waals surface area contributed by atoms with Crippen molar-refractivity contribution in [3.63, 3.8) is 0 Å². The summed E-state index contributed by atoms with van der Waals surface area (Å²) in [6, 6.07) is 4.41. The number of ether oxygens (including phenoxy) is 1. The third-order valence-electron chi connectivity index (χ3n) is 4.82. The zero-order valence-corrected chi connectivity index (χ0v) is 12.6. The summed E-state index contributed by atoms with van der Waals surface area (Å²) >= 11 is 0. The Bertz CT molecular complexity index is 478. The van der Waals surface area contributed by atoms with Gasteiger partial charge in [-0.05, 0) is 50.9 Å². The quantitative estimate of drug-likeness (QED) is 0.855. The van der Waals surface area contributed by atoms with Crippen LogP contribution in [0.15, 0.2) is 12.1 Å². The minimum absolute atomic E-state index is 0.108. The van der Waals surface area contributed by atoms with Crippen molar-refractivity contribution >= 4 is 0 Å². The SMILES string of the molecule is Cc1ccc2c(c1C)OCC(O)C2N1CCCCCC1. The Hall–Kier alpha value is -1.06. The van der Waals surface area contributed by atoms with Crippen molar-refractivity contribution in [2.45, 2.75) is 51.7 Å². The van der Waals surface area contributed by atoms with Gasteiger partial charge in [-0.2, -0.15) is 0 Å². The van der Waals surface area contributed by atoms with E-state index < -0.39 is 6.10 Å². The van der Waals surface area contributed by atoms with Crippen molar-refractivity contribution in [3.8, 4) is 5.75 Å². The molecule has 3 heteroatoms. The van der Waals surface area contributed by atoms with Gasteiger partial charge in [-0.15, -0.1) is 0 Å². The summed E-state index contributed by atoms with van der Waals surface area (Å²) in [7, 11) is 0. The molecular formula is C17H25NO2. The third-order valence-corrected chi connectivity index (χ3v) is 4.82. The Morgan fingerprint density at radius 3 is 2.50 bits per heavy atom. The molecule has 2 atom stereocenters. The second-order valence-electron chi connectivity index (χ2n) is 6.20. The molecule has 1 aromatic rings. The second kappa shape index (κ2) is 5.74. The highest BCUT2D eigenvalue weighted by Gasteiger charge is 2.35. The Morgan fingerprint density at radius 2 is 1.80 bits per heavy atom. The van der Waals surface area contributed by atoms with Crippen LogP contribution < -0.4 is 4.74 Å². The number of hydrogen-bond donors (Lipinski definition) is 1. The second-order valence-corrected chi connectivity index (χ2v) is 6.20. The molecule has 20 heavy (non-hydrogen) atoms. The molecule has 1 fully saturated rings. The van der Waals surface area contributed by atoms with Crippen LogP contribution in [-0.4, -0.2) is 35.8 Å². The fraction of sp³-hybridized carbons (Fsp3) is 0.647. The first-order chi connectivity index (χ1) is 9.68. The molecule has 110 valence electrons. The van der Waals surface area contributed by atoms with Crippen molar-refractivity contribution in [2.75, 3.05) is 19.7 Å². The molecular weight excluding hydrogens is 250 g/mol. The van der Waals surface area contributed by atoms with Gasteiger partial charge in [0.15, 0.2) is 0 Å². The minimum Gasteiger partial charge on any atom is -0.490 e. The van der Waals surface area contributed by atoms with E-state index in [2.05, 4.69) is 30.9 Å². The number of fused-ring (bicyclic) bond motifs is 1. The molecule has 2 aliphatic heterocycles. The highest BCUT2D eigenvalue weighted by Crippen LogP contribution is 2.40. The van der Waals surface area contributed by atoms with Gasteiger partial charge in [0.05, 0.1) is 6.04 Å². The van der Waals surface area contributed by atoms with Gasteiger partial charge in [-0.1, -0.05) is 25.0 Å². The molecule has 3 rings (SSSR count). The predicted molar refractivity (Wildman–Crippen MR) is 80.2 cm³/mol. The lowest BCUT2D eigenvalue weighted by Gasteiger charge is -2.39. The van der Waals surface area contributed by atoms with Gasteiger partial charge in [-0.25, -0.2) is 0 Å². The first-order valence-corrected chi connectivity index (χ1v) is 7.83. The molecule has 0 bridgehead atoms. The van der Waals surface area contributed by atoms with E-state index in [4.69, 9.17) is 4.74 Å². The summed E-state index contributed by atoms with van der Waals surface area (Å²) in [6.07, 6.45) is 4.70. The highest BCUT2D eigenvalue weighted by atomic mass is 16.5. The molecule has 0 spiro atoms. The van der Waals surface area contributed by atoms with E-state index in [9.17, 15) is 5.11 Å². The van der Waals surface area contributed by atoms with Crippen molar-refractivity contribution in [2.24, 2.45) is 0 Å². The highest BCUT2D eigenvalue weighted by molar-refractivity contribution is 5.48. The Balaban J connectivity index is 1.96. The van der Waals surface area contributed by atoms with E-state index in [-0.39, 0.29) is 6.04 Å². The topological polar surface area (TPSA) is 32.7 Å². The van der Waals surface area contributed by atoms with Gasteiger partial charge < -0.3 is 9.84 Å². The lowest BCUT2D eigenvalue weighted by Crippen LogP contribution is -2.42. The lowest BCUT2D eigenvalue weighted by molar-refractivity contribution is 0.000769. The minimum atomic E-state index is -0.414. The fourth-order valence-electron chi connectivity index (χ4n) is 3.52. The van der Waals surface area contributed by atoms with Crippen LogP contribution in [-0.2, 0) is 0 Å². The average molecular weight is 275 g/mol. The maximum Gasteiger partial charge on any atom is 0.127 e. The van der Waals surface area contributed by atoms with Gasteiger partial charge in [0.2, 0.25) is 0 Å². The van der Waals surface area contributed by atoms with Crippen LogP contribution in [0.3, 0.4) is 0 Å². The number of aryl methyl sites for hydroxylation is 1. The van der Waals surface area contributed by atoms with Gasteiger partial charge in [-0.3, -0.25) is 4.90 Å². The smallest absolute Gasteiger partial charge is 0.127 e. The maximum atomic E-state index is 10.5.